The van der Waals surface area contributed by atoms with Crippen molar-refractivity contribution in [3.05, 3.63) is 59.1 Å². The van der Waals surface area contributed by atoms with Gasteiger partial charge in [-0.3, -0.25) is 9.59 Å². The van der Waals surface area contributed by atoms with Crippen molar-refractivity contribution in [3.8, 4) is 0 Å². The van der Waals surface area contributed by atoms with Crippen LogP contribution in [0.5, 0.6) is 0 Å². The number of hydrogen-bond acceptors (Lipinski definition) is 5. The average molecular weight is 461 g/mol. The number of hydrogen-bond donors (Lipinski definition) is 2. The fraction of sp³-hybridized carbons (Fsp3) is 0.263. The second-order valence-electron chi connectivity index (χ2n) is 6.58. The van der Waals surface area contributed by atoms with Crippen molar-refractivity contribution in [2.45, 2.75) is 24.8 Å². The summed E-state index contributed by atoms with van der Waals surface area (Å²) in [6.07, 6.45) is 0. The van der Waals surface area contributed by atoms with Gasteiger partial charge in [0.2, 0.25) is 10.0 Å². The summed E-state index contributed by atoms with van der Waals surface area (Å²) < 4.78 is 58.6. The van der Waals surface area contributed by atoms with Gasteiger partial charge in [-0.25, -0.2) is 17.2 Å². The van der Waals surface area contributed by atoms with Gasteiger partial charge < -0.3 is 10.1 Å². The predicted molar refractivity (Wildman–Crippen MR) is 106 cm³/mol. The molecular formula is C19H19ClF2N2O5S. The molecule has 2 aromatic rings. The smallest absolute Gasteiger partial charge is 0.324 e. The van der Waals surface area contributed by atoms with Crippen LogP contribution < -0.4 is 10.0 Å². The largest absolute Gasteiger partial charge is 0.454 e. The Balaban J connectivity index is 2.01. The molecule has 30 heavy (non-hydrogen) atoms. The summed E-state index contributed by atoms with van der Waals surface area (Å²) >= 11 is 5.75. The quantitative estimate of drug-likeness (QED) is 0.589. The van der Waals surface area contributed by atoms with Crippen LogP contribution in [0.25, 0.3) is 0 Å². The SMILES string of the molecule is CC(C)C(NS(=O)(=O)c1ccc(Cl)cc1)C(=O)OCC(=O)Nc1ccc(F)cc1F. The Kier molecular flexibility index (Phi) is 7.88. The molecule has 1 unspecified atom stereocenters. The number of ether oxygens (including phenoxy) is 1. The number of halogens is 3. The van der Waals surface area contributed by atoms with E-state index in [-0.39, 0.29) is 10.6 Å². The molecule has 11 heteroatoms. The molecule has 0 aliphatic rings. The van der Waals surface area contributed by atoms with E-state index in [1.54, 1.807) is 13.8 Å². The molecule has 162 valence electrons. The molecule has 2 rings (SSSR count). The van der Waals surface area contributed by atoms with Gasteiger partial charge >= 0.3 is 5.97 Å². The van der Waals surface area contributed by atoms with Crippen LogP contribution >= 0.6 is 11.6 Å². The molecule has 1 atom stereocenters. The molecule has 0 heterocycles. The summed E-state index contributed by atoms with van der Waals surface area (Å²) in [6, 6.07) is 6.60. The molecule has 0 aromatic heterocycles. The fourth-order valence-corrected chi connectivity index (χ4v) is 3.77. The summed E-state index contributed by atoms with van der Waals surface area (Å²) in [5.74, 6) is -4.18. The number of sulfonamides is 1. The van der Waals surface area contributed by atoms with Crippen LogP contribution in [-0.2, 0) is 24.3 Å². The van der Waals surface area contributed by atoms with Crippen LogP contribution in [0.2, 0.25) is 5.02 Å². The zero-order chi connectivity index (χ0) is 22.5. The van der Waals surface area contributed by atoms with Crippen molar-refractivity contribution in [2.24, 2.45) is 5.92 Å². The second kappa shape index (κ2) is 9.96. The number of benzene rings is 2. The van der Waals surface area contributed by atoms with E-state index in [0.717, 1.165) is 12.1 Å². The first kappa shape index (κ1) is 23.7. The van der Waals surface area contributed by atoms with Gasteiger partial charge in [0.1, 0.15) is 17.7 Å². The minimum Gasteiger partial charge on any atom is -0.454 e. The maximum Gasteiger partial charge on any atom is 0.324 e. The van der Waals surface area contributed by atoms with Crippen molar-refractivity contribution < 1.29 is 31.5 Å². The maximum atomic E-state index is 13.6. The first-order valence-corrected chi connectivity index (χ1v) is 10.5. The topological polar surface area (TPSA) is 102 Å². The molecular weight excluding hydrogens is 442 g/mol. The second-order valence-corrected chi connectivity index (χ2v) is 8.73. The fourth-order valence-electron chi connectivity index (χ4n) is 2.31. The highest BCUT2D eigenvalue weighted by atomic mass is 35.5. The summed E-state index contributed by atoms with van der Waals surface area (Å²) in [5, 5.41) is 2.48. The normalized spacial score (nSPS) is 12.5. The van der Waals surface area contributed by atoms with Crippen molar-refractivity contribution in [1.82, 2.24) is 4.72 Å². The van der Waals surface area contributed by atoms with Crippen LogP contribution in [0.1, 0.15) is 13.8 Å². The molecule has 2 N–H and O–H groups in total. The van der Waals surface area contributed by atoms with Crippen molar-refractivity contribution >= 4 is 39.2 Å². The Morgan fingerprint density at radius 3 is 2.30 bits per heavy atom. The molecule has 0 radical (unpaired) electrons. The number of rotatable bonds is 8. The summed E-state index contributed by atoms with van der Waals surface area (Å²) in [5.41, 5.74) is -0.290. The lowest BCUT2D eigenvalue weighted by molar-refractivity contribution is -0.150. The van der Waals surface area contributed by atoms with Crippen LogP contribution in [0.15, 0.2) is 47.4 Å². The molecule has 0 aliphatic heterocycles. The molecule has 0 saturated heterocycles. The van der Waals surface area contributed by atoms with Gasteiger partial charge in [-0.15, -0.1) is 0 Å². The Morgan fingerprint density at radius 1 is 1.10 bits per heavy atom. The number of nitrogens with one attached hydrogen (secondary N) is 2. The van der Waals surface area contributed by atoms with E-state index >= 15 is 0 Å². The molecule has 7 nitrogen and oxygen atoms in total. The van der Waals surface area contributed by atoms with Gasteiger partial charge in [0.05, 0.1) is 10.6 Å². The van der Waals surface area contributed by atoms with Gasteiger partial charge in [0.15, 0.2) is 6.61 Å². The first-order chi connectivity index (χ1) is 14.0. The van der Waals surface area contributed by atoms with E-state index in [1.165, 1.54) is 24.3 Å². The Labute approximate surface area is 177 Å². The van der Waals surface area contributed by atoms with Crippen LogP contribution in [0.4, 0.5) is 14.5 Å². The number of carbonyl (C=O) groups is 2. The van der Waals surface area contributed by atoms with E-state index in [2.05, 4.69) is 10.0 Å². The number of anilines is 1. The van der Waals surface area contributed by atoms with E-state index in [9.17, 15) is 26.8 Å². The highest BCUT2D eigenvalue weighted by molar-refractivity contribution is 7.89. The Hall–Kier alpha value is -2.56. The van der Waals surface area contributed by atoms with Crippen LogP contribution in [-0.4, -0.2) is 32.9 Å². The van der Waals surface area contributed by atoms with E-state index < -0.39 is 52.1 Å². The zero-order valence-corrected chi connectivity index (χ0v) is 17.6. The monoisotopic (exact) mass is 460 g/mol. The van der Waals surface area contributed by atoms with E-state index in [4.69, 9.17) is 16.3 Å². The third kappa shape index (κ3) is 6.48. The number of carbonyl (C=O) groups excluding carboxylic acids is 2. The predicted octanol–water partition coefficient (Wildman–Crippen LogP) is 3.10. The molecule has 2 aromatic carbocycles. The highest BCUT2D eigenvalue weighted by Gasteiger charge is 2.30. The van der Waals surface area contributed by atoms with Crippen molar-refractivity contribution in [3.63, 3.8) is 0 Å². The number of esters is 1. The summed E-state index contributed by atoms with van der Waals surface area (Å²) in [4.78, 5) is 24.1. The number of amides is 1. The average Bonchev–Trinajstić information content (AvgIpc) is 2.66. The molecule has 1 amide bonds. The van der Waals surface area contributed by atoms with Gasteiger partial charge in [-0.05, 0) is 42.3 Å². The van der Waals surface area contributed by atoms with Crippen LogP contribution in [0, 0.1) is 17.6 Å². The maximum absolute atomic E-state index is 13.6. The molecule has 0 aliphatic carbocycles. The highest BCUT2D eigenvalue weighted by Crippen LogP contribution is 2.17. The lowest BCUT2D eigenvalue weighted by Gasteiger charge is -2.20. The lowest BCUT2D eigenvalue weighted by Crippen LogP contribution is -2.45. The van der Waals surface area contributed by atoms with Gasteiger partial charge in [-0.2, -0.15) is 4.72 Å². The van der Waals surface area contributed by atoms with E-state index in [1.807, 2.05) is 0 Å². The minimum absolute atomic E-state index is 0.102. The third-order valence-electron chi connectivity index (χ3n) is 3.88. The zero-order valence-electron chi connectivity index (χ0n) is 16.0. The molecule has 0 bridgehead atoms. The van der Waals surface area contributed by atoms with E-state index in [0.29, 0.717) is 11.1 Å². The van der Waals surface area contributed by atoms with Gasteiger partial charge in [0, 0.05) is 11.1 Å². The minimum atomic E-state index is -4.06. The van der Waals surface area contributed by atoms with Gasteiger partial charge in [0.25, 0.3) is 5.91 Å². The summed E-state index contributed by atoms with van der Waals surface area (Å²) in [7, 11) is -4.06. The first-order valence-electron chi connectivity index (χ1n) is 8.69. The standard InChI is InChI=1S/C19H19ClF2N2O5S/c1-11(2)18(24-30(27,28)14-6-3-12(20)4-7-14)19(26)29-10-17(25)23-16-8-5-13(21)9-15(16)22/h3-9,11,18,24H,10H2,1-2H3,(H,23,25). The summed E-state index contributed by atoms with van der Waals surface area (Å²) in [6.45, 7) is 2.39. The Morgan fingerprint density at radius 2 is 1.73 bits per heavy atom. The van der Waals surface area contributed by atoms with Crippen molar-refractivity contribution in [2.75, 3.05) is 11.9 Å². The molecule has 0 saturated carbocycles. The third-order valence-corrected chi connectivity index (χ3v) is 5.59. The van der Waals surface area contributed by atoms with Crippen LogP contribution in [0.3, 0.4) is 0 Å². The molecule has 0 fully saturated rings. The van der Waals surface area contributed by atoms with Gasteiger partial charge in [-0.1, -0.05) is 25.4 Å². The Bertz CT molecular complexity index is 1030. The van der Waals surface area contributed by atoms with Crippen molar-refractivity contribution in [1.29, 1.82) is 0 Å². The lowest BCUT2D eigenvalue weighted by atomic mass is 10.1. The molecule has 0 spiro atoms.